The number of aromatic amines is 1. The number of hydrogen-bond donors (Lipinski definition) is 3. The molecular weight excluding hydrogens is 374 g/mol. The van der Waals surface area contributed by atoms with Crippen molar-refractivity contribution in [3.8, 4) is 0 Å². The molecule has 1 unspecified atom stereocenters. The van der Waals surface area contributed by atoms with Crippen LogP contribution in [-0.2, 0) is 15.3 Å². The van der Waals surface area contributed by atoms with Crippen LogP contribution in [0.5, 0.6) is 0 Å². The van der Waals surface area contributed by atoms with E-state index < -0.39 is 11.5 Å². The highest BCUT2D eigenvalue weighted by Crippen LogP contribution is 2.28. The second-order valence-corrected chi connectivity index (χ2v) is 8.28. The molecule has 0 spiro atoms. The van der Waals surface area contributed by atoms with Crippen molar-refractivity contribution in [1.29, 1.82) is 0 Å². The van der Waals surface area contributed by atoms with Crippen molar-refractivity contribution < 1.29 is 14.7 Å². The summed E-state index contributed by atoms with van der Waals surface area (Å²) in [6, 6.07) is 7.13. The monoisotopic (exact) mass is 393 g/mol. The largest absolute Gasteiger partial charge is 0.479 e. The molecule has 1 saturated heterocycles. The number of amides is 1. The van der Waals surface area contributed by atoms with Crippen LogP contribution in [0.4, 0.5) is 0 Å². The molecule has 1 atom stereocenters. The Labute approximate surface area is 158 Å². The molecular formula is C17H19N3O4S2. The zero-order chi connectivity index (χ0) is 18.6. The van der Waals surface area contributed by atoms with E-state index in [9.17, 15) is 19.5 Å². The number of fused-ring (bicyclic) bond motifs is 1. The molecule has 2 aromatic rings. The first kappa shape index (κ1) is 18.8. The minimum absolute atomic E-state index is 0.175. The fourth-order valence-corrected chi connectivity index (χ4v) is 4.88. The number of carbonyl (C=O) groups excluding carboxylic acids is 1. The highest BCUT2D eigenvalue weighted by molar-refractivity contribution is 7.99. The Bertz CT molecular complexity index is 878. The Balaban J connectivity index is 1.50. The molecule has 0 aliphatic carbocycles. The van der Waals surface area contributed by atoms with Crippen LogP contribution in [0.1, 0.15) is 18.7 Å². The van der Waals surface area contributed by atoms with Gasteiger partial charge in [0.05, 0.1) is 16.7 Å². The standard InChI is InChI=1S/C17H19N3O4S2/c21-14(20-17(16(23)24)6-8-26-10-17)5-7-25-9-13-18-12-4-2-1-3-11(12)15(22)19-13/h1-4H,5-10H2,(H,20,21)(H,23,24)(H,18,19,22). The zero-order valence-corrected chi connectivity index (χ0v) is 15.6. The molecule has 1 aromatic carbocycles. The van der Waals surface area contributed by atoms with Crippen molar-refractivity contribution in [2.75, 3.05) is 17.3 Å². The second kappa shape index (κ2) is 8.13. The van der Waals surface area contributed by atoms with Crippen molar-refractivity contribution in [3.05, 3.63) is 40.4 Å². The number of carboxylic acids is 1. The number of rotatable bonds is 7. The number of aliphatic carboxylic acids is 1. The van der Waals surface area contributed by atoms with E-state index in [1.54, 1.807) is 18.2 Å². The SMILES string of the molecule is O=C(CCSCc1nc2ccccc2c(=O)[nH]1)NC1(C(=O)O)CCSC1. The van der Waals surface area contributed by atoms with Gasteiger partial charge in [0.25, 0.3) is 5.56 Å². The Morgan fingerprint density at radius 2 is 2.19 bits per heavy atom. The number of aromatic nitrogens is 2. The predicted molar refractivity (Wildman–Crippen MR) is 104 cm³/mol. The minimum Gasteiger partial charge on any atom is -0.479 e. The molecule has 138 valence electrons. The van der Waals surface area contributed by atoms with Gasteiger partial charge in [0.15, 0.2) is 0 Å². The first-order chi connectivity index (χ1) is 12.5. The average Bonchev–Trinajstić information content (AvgIpc) is 3.09. The smallest absolute Gasteiger partial charge is 0.330 e. The maximum Gasteiger partial charge on any atom is 0.330 e. The third kappa shape index (κ3) is 4.21. The van der Waals surface area contributed by atoms with Crippen LogP contribution in [0.15, 0.2) is 29.1 Å². The van der Waals surface area contributed by atoms with Gasteiger partial charge in [0.2, 0.25) is 5.91 Å². The molecule has 26 heavy (non-hydrogen) atoms. The molecule has 1 aromatic heterocycles. The van der Waals surface area contributed by atoms with Crippen molar-refractivity contribution >= 4 is 46.3 Å². The van der Waals surface area contributed by atoms with Gasteiger partial charge in [-0.1, -0.05) is 12.1 Å². The van der Waals surface area contributed by atoms with E-state index in [1.165, 1.54) is 23.5 Å². The average molecular weight is 393 g/mol. The van der Waals surface area contributed by atoms with E-state index in [0.717, 1.165) is 5.75 Å². The molecule has 0 bridgehead atoms. The maximum absolute atomic E-state index is 12.1. The Hall–Kier alpha value is -2.00. The molecule has 1 amide bonds. The normalized spacial score (nSPS) is 19.5. The van der Waals surface area contributed by atoms with E-state index in [1.807, 2.05) is 6.07 Å². The molecule has 3 N–H and O–H groups in total. The fourth-order valence-electron chi connectivity index (χ4n) is 2.75. The van der Waals surface area contributed by atoms with Crippen LogP contribution >= 0.6 is 23.5 Å². The first-order valence-corrected chi connectivity index (χ1v) is 10.5. The number of hydrogen-bond acceptors (Lipinski definition) is 6. The van der Waals surface area contributed by atoms with Gasteiger partial charge in [0.1, 0.15) is 11.4 Å². The number of para-hydroxylation sites is 1. The second-order valence-electron chi connectivity index (χ2n) is 6.07. The molecule has 1 aliphatic heterocycles. The molecule has 9 heteroatoms. The van der Waals surface area contributed by atoms with E-state index in [0.29, 0.717) is 40.4 Å². The molecule has 7 nitrogen and oxygen atoms in total. The summed E-state index contributed by atoms with van der Waals surface area (Å²) in [5.74, 6) is 1.47. The third-order valence-electron chi connectivity index (χ3n) is 4.18. The number of thioether (sulfide) groups is 2. The topological polar surface area (TPSA) is 112 Å². The number of H-pyrrole nitrogens is 1. The van der Waals surface area contributed by atoms with Crippen LogP contribution in [0.2, 0.25) is 0 Å². The highest BCUT2D eigenvalue weighted by atomic mass is 32.2. The summed E-state index contributed by atoms with van der Waals surface area (Å²) < 4.78 is 0. The van der Waals surface area contributed by atoms with E-state index in [-0.39, 0.29) is 17.9 Å². The lowest BCUT2D eigenvalue weighted by Gasteiger charge is -2.24. The lowest BCUT2D eigenvalue weighted by Crippen LogP contribution is -2.54. The molecule has 1 aliphatic rings. The molecule has 0 saturated carbocycles. The number of benzene rings is 1. The van der Waals surface area contributed by atoms with Gasteiger partial charge in [-0.3, -0.25) is 9.59 Å². The molecule has 1 fully saturated rings. The molecule has 0 radical (unpaired) electrons. The van der Waals surface area contributed by atoms with Crippen molar-refractivity contribution in [3.63, 3.8) is 0 Å². The Morgan fingerprint density at radius 1 is 1.38 bits per heavy atom. The van der Waals surface area contributed by atoms with Crippen LogP contribution in [0.25, 0.3) is 10.9 Å². The first-order valence-electron chi connectivity index (χ1n) is 8.18. The molecule has 2 heterocycles. The summed E-state index contributed by atoms with van der Waals surface area (Å²) in [5.41, 5.74) is -0.657. The van der Waals surface area contributed by atoms with E-state index >= 15 is 0 Å². The van der Waals surface area contributed by atoms with Crippen molar-refractivity contribution in [2.45, 2.75) is 24.1 Å². The van der Waals surface area contributed by atoms with Crippen molar-refractivity contribution in [1.82, 2.24) is 15.3 Å². The maximum atomic E-state index is 12.1. The molecule has 3 rings (SSSR count). The fraction of sp³-hybridized carbons (Fsp3) is 0.412. The Kier molecular flexibility index (Phi) is 5.87. The third-order valence-corrected chi connectivity index (χ3v) is 6.34. The minimum atomic E-state index is -1.13. The van der Waals surface area contributed by atoms with Crippen LogP contribution < -0.4 is 10.9 Å². The van der Waals surface area contributed by atoms with Crippen LogP contribution in [-0.4, -0.2) is 49.7 Å². The van der Waals surface area contributed by atoms with Gasteiger partial charge in [-0.2, -0.15) is 23.5 Å². The lowest BCUT2D eigenvalue weighted by molar-refractivity contribution is -0.146. The van der Waals surface area contributed by atoms with Gasteiger partial charge in [0, 0.05) is 17.9 Å². The summed E-state index contributed by atoms with van der Waals surface area (Å²) in [6.45, 7) is 0. The summed E-state index contributed by atoms with van der Waals surface area (Å²) in [7, 11) is 0. The van der Waals surface area contributed by atoms with Gasteiger partial charge in [-0.25, -0.2) is 9.78 Å². The quantitative estimate of drug-likeness (QED) is 0.613. The number of carboxylic acid groups (broad SMARTS) is 1. The van der Waals surface area contributed by atoms with Gasteiger partial charge in [-0.05, 0) is 24.3 Å². The van der Waals surface area contributed by atoms with Gasteiger partial charge < -0.3 is 15.4 Å². The lowest BCUT2D eigenvalue weighted by atomic mass is 9.99. The van der Waals surface area contributed by atoms with E-state index in [4.69, 9.17) is 0 Å². The van der Waals surface area contributed by atoms with Crippen LogP contribution in [0.3, 0.4) is 0 Å². The summed E-state index contributed by atoms with van der Waals surface area (Å²) in [6.07, 6.45) is 0.677. The highest BCUT2D eigenvalue weighted by Gasteiger charge is 2.43. The summed E-state index contributed by atoms with van der Waals surface area (Å²) in [5, 5.41) is 12.6. The number of carbonyl (C=O) groups is 2. The number of nitrogens with zero attached hydrogens (tertiary/aromatic N) is 1. The van der Waals surface area contributed by atoms with E-state index in [2.05, 4.69) is 15.3 Å². The summed E-state index contributed by atoms with van der Waals surface area (Å²) in [4.78, 5) is 42.7. The van der Waals surface area contributed by atoms with Crippen LogP contribution in [0, 0.1) is 0 Å². The number of nitrogens with one attached hydrogen (secondary N) is 2. The van der Waals surface area contributed by atoms with Crippen molar-refractivity contribution in [2.24, 2.45) is 0 Å². The zero-order valence-electron chi connectivity index (χ0n) is 14.0. The predicted octanol–water partition coefficient (Wildman–Crippen LogP) is 1.62. The van der Waals surface area contributed by atoms with Gasteiger partial charge >= 0.3 is 5.97 Å². The van der Waals surface area contributed by atoms with Gasteiger partial charge in [-0.15, -0.1) is 0 Å². The summed E-state index contributed by atoms with van der Waals surface area (Å²) >= 11 is 3.01. The Morgan fingerprint density at radius 3 is 2.92 bits per heavy atom.